The molecule has 0 aromatic heterocycles. The minimum absolute atomic E-state index is 0.0199. The standard InChI is InChI=1S/C21H26N2O5S/c1-3-28-16-9-8-14(12-17(16)27-2)13-18-20(25)23(21(26)29-18)11-10-22-19(24)15-6-4-5-7-15/h8-9,12-13,15H,3-7,10-11H2,1-2H3,(H,22,24). The topological polar surface area (TPSA) is 84.9 Å². The van der Waals surface area contributed by atoms with Gasteiger partial charge in [0.05, 0.1) is 18.6 Å². The van der Waals surface area contributed by atoms with E-state index in [1.165, 1.54) is 4.90 Å². The molecule has 2 aliphatic rings. The molecule has 7 nitrogen and oxygen atoms in total. The van der Waals surface area contributed by atoms with E-state index in [-0.39, 0.29) is 36.1 Å². The molecule has 0 spiro atoms. The Labute approximate surface area is 174 Å². The van der Waals surface area contributed by atoms with Crippen molar-refractivity contribution in [3.8, 4) is 11.5 Å². The predicted octanol–water partition coefficient (Wildman–Crippen LogP) is 3.44. The van der Waals surface area contributed by atoms with Crippen molar-refractivity contribution in [2.75, 3.05) is 26.8 Å². The Balaban J connectivity index is 1.61. The van der Waals surface area contributed by atoms with Crippen LogP contribution in [0.25, 0.3) is 6.08 Å². The maximum atomic E-state index is 12.6. The maximum absolute atomic E-state index is 12.6. The van der Waals surface area contributed by atoms with Crippen LogP contribution in [0.2, 0.25) is 0 Å². The van der Waals surface area contributed by atoms with Gasteiger partial charge in [-0.3, -0.25) is 19.3 Å². The molecule has 3 rings (SSSR count). The fourth-order valence-electron chi connectivity index (χ4n) is 3.52. The summed E-state index contributed by atoms with van der Waals surface area (Å²) >= 11 is 0.902. The van der Waals surface area contributed by atoms with Crippen LogP contribution in [0.15, 0.2) is 23.1 Å². The van der Waals surface area contributed by atoms with Crippen LogP contribution in [-0.2, 0) is 9.59 Å². The lowest BCUT2D eigenvalue weighted by molar-refractivity contribution is -0.126. The van der Waals surface area contributed by atoms with Gasteiger partial charge in [0.1, 0.15) is 0 Å². The Morgan fingerprint density at radius 3 is 2.72 bits per heavy atom. The quantitative estimate of drug-likeness (QED) is 0.651. The smallest absolute Gasteiger partial charge is 0.293 e. The van der Waals surface area contributed by atoms with Crippen LogP contribution in [0.3, 0.4) is 0 Å². The Kier molecular flexibility index (Phi) is 7.19. The van der Waals surface area contributed by atoms with Crippen molar-refractivity contribution in [2.24, 2.45) is 5.92 Å². The summed E-state index contributed by atoms with van der Waals surface area (Å²) in [6, 6.07) is 5.35. The van der Waals surface area contributed by atoms with E-state index in [4.69, 9.17) is 9.47 Å². The molecule has 3 amide bonds. The lowest BCUT2D eigenvalue weighted by Crippen LogP contribution is -2.39. The predicted molar refractivity (Wildman–Crippen MR) is 112 cm³/mol. The van der Waals surface area contributed by atoms with Crippen molar-refractivity contribution < 1.29 is 23.9 Å². The van der Waals surface area contributed by atoms with Crippen LogP contribution in [0, 0.1) is 5.92 Å². The van der Waals surface area contributed by atoms with Gasteiger partial charge in [-0.25, -0.2) is 0 Å². The SMILES string of the molecule is CCOc1ccc(C=C2SC(=O)N(CCNC(=O)C3CCCC3)C2=O)cc1OC. The first-order valence-electron chi connectivity index (χ1n) is 9.87. The van der Waals surface area contributed by atoms with Gasteiger partial charge in [-0.15, -0.1) is 0 Å². The van der Waals surface area contributed by atoms with E-state index in [2.05, 4.69) is 5.32 Å². The molecule has 0 unspecified atom stereocenters. The molecule has 1 aliphatic heterocycles. The largest absolute Gasteiger partial charge is 0.493 e. The summed E-state index contributed by atoms with van der Waals surface area (Å²) < 4.78 is 10.8. The zero-order valence-electron chi connectivity index (χ0n) is 16.7. The summed E-state index contributed by atoms with van der Waals surface area (Å²) in [7, 11) is 1.55. The van der Waals surface area contributed by atoms with Gasteiger partial charge in [0.2, 0.25) is 5.91 Å². The number of carbonyl (C=O) groups excluding carboxylic acids is 3. The maximum Gasteiger partial charge on any atom is 0.293 e. The van der Waals surface area contributed by atoms with Gasteiger partial charge in [-0.1, -0.05) is 18.9 Å². The average molecular weight is 419 g/mol. The highest BCUT2D eigenvalue weighted by Gasteiger charge is 2.35. The van der Waals surface area contributed by atoms with Crippen molar-refractivity contribution in [1.29, 1.82) is 0 Å². The van der Waals surface area contributed by atoms with Crippen LogP contribution in [0.1, 0.15) is 38.2 Å². The number of ether oxygens (including phenoxy) is 2. The van der Waals surface area contributed by atoms with Gasteiger partial charge in [0.25, 0.3) is 11.1 Å². The first kappa shape index (κ1) is 21.2. The molecule has 1 heterocycles. The monoisotopic (exact) mass is 418 g/mol. The third-order valence-corrected chi connectivity index (χ3v) is 5.93. The normalized spacial score (nSPS) is 18.6. The fourth-order valence-corrected chi connectivity index (χ4v) is 4.38. The Morgan fingerprint density at radius 1 is 1.28 bits per heavy atom. The second-order valence-corrected chi connectivity index (χ2v) is 7.94. The zero-order valence-corrected chi connectivity index (χ0v) is 17.5. The molecule has 2 fully saturated rings. The van der Waals surface area contributed by atoms with Crippen LogP contribution < -0.4 is 14.8 Å². The van der Waals surface area contributed by atoms with Gasteiger partial charge in [0, 0.05) is 19.0 Å². The fraction of sp³-hybridized carbons (Fsp3) is 0.476. The van der Waals surface area contributed by atoms with E-state index < -0.39 is 0 Å². The summed E-state index contributed by atoms with van der Waals surface area (Å²) in [5.74, 6) is 0.932. The molecular formula is C21H26N2O5S. The van der Waals surface area contributed by atoms with Crippen LogP contribution in [0.5, 0.6) is 11.5 Å². The summed E-state index contributed by atoms with van der Waals surface area (Å²) in [5, 5.41) is 2.52. The molecule has 1 saturated carbocycles. The summed E-state index contributed by atoms with van der Waals surface area (Å²) in [6.45, 7) is 2.86. The molecule has 8 heteroatoms. The number of carbonyl (C=O) groups is 3. The zero-order chi connectivity index (χ0) is 20.8. The number of hydrogen-bond donors (Lipinski definition) is 1. The van der Waals surface area contributed by atoms with E-state index in [1.54, 1.807) is 25.3 Å². The molecular weight excluding hydrogens is 392 g/mol. The van der Waals surface area contributed by atoms with Gasteiger partial charge in [-0.05, 0) is 55.3 Å². The minimum Gasteiger partial charge on any atom is -0.493 e. The second-order valence-electron chi connectivity index (χ2n) is 6.95. The van der Waals surface area contributed by atoms with Gasteiger partial charge in [-0.2, -0.15) is 0 Å². The summed E-state index contributed by atoms with van der Waals surface area (Å²) in [4.78, 5) is 38.5. The Bertz CT molecular complexity index is 817. The van der Waals surface area contributed by atoms with Crippen LogP contribution in [-0.4, -0.2) is 48.8 Å². The van der Waals surface area contributed by atoms with Gasteiger partial charge < -0.3 is 14.8 Å². The van der Waals surface area contributed by atoms with E-state index >= 15 is 0 Å². The number of nitrogens with zero attached hydrogens (tertiary/aromatic N) is 1. The number of amides is 3. The third-order valence-electron chi connectivity index (χ3n) is 5.02. The van der Waals surface area contributed by atoms with Crippen LogP contribution >= 0.6 is 11.8 Å². The number of rotatable bonds is 8. The average Bonchev–Trinajstić information content (AvgIpc) is 3.34. The van der Waals surface area contributed by atoms with Crippen molar-refractivity contribution in [1.82, 2.24) is 10.2 Å². The van der Waals surface area contributed by atoms with E-state index in [0.717, 1.165) is 43.0 Å². The van der Waals surface area contributed by atoms with Crippen molar-refractivity contribution in [3.05, 3.63) is 28.7 Å². The molecule has 0 radical (unpaired) electrons. The lowest BCUT2D eigenvalue weighted by Gasteiger charge is -2.14. The van der Waals surface area contributed by atoms with Crippen molar-refractivity contribution in [3.63, 3.8) is 0 Å². The number of imide groups is 1. The highest BCUT2D eigenvalue weighted by molar-refractivity contribution is 8.18. The first-order valence-corrected chi connectivity index (χ1v) is 10.7. The number of methoxy groups -OCH3 is 1. The summed E-state index contributed by atoms with van der Waals surface area (Å²) in [6.07, 6.45) is 5.67. The number of hydrogen-bond acceptors (Lipinski definition) is 6. The second kappa shape index (κ2) is 9.82. The summed E-state index contributed by atoms with van der Waals surface area (Å²) in [5.41, 5.74) is 0.741. The molecule has 1 aromatic rings. The van der Waals surface area contributed by atoms with E-state index in [0.29, 0.717) is 23.0 Å². The minimum atomic E-state index is -0.344. The Morgan fingerprint density at radius 2 is 2.03 bits per heavy atom. The van der Waals surface area contributed by atoms with Gasteiger partial charge >= 0.3 is 0 Å². The van der Waals surface area contributed by atoms with Crippen LogP contribution in [0.4, 0.5) is 4.79 Å². The molecule has 0 bridgehead atoms. The van der Waals surface area contributed by atoms with Crippen molar-refractivity contribution in [2.45, 2.75) is 32.6 Å². The molecule has 156 valence electrons. The third kappa shape index (κ3) is 5.12. The number of benzene rings is 1. The number of thioether (sulfide) groups is 1. The van der Waals surface area contributed by atoms with E-state index in [9.17, 15) is 14.4 Å². The van der Waals surface area contributed by atoms with E-state index in [1.807, 2.05) is 13.0 Å². The Hall–Kier alpha value is -2.48. The number of nitrogens with one attached hydrogen (secondary N) is 1. The molecule has 1 aromatic carbocycles. The van der Waals surface area contributed by atoms with Gasteiger partial charge in [0.15, 0.2) is 11.5 Å². The molecule has 1 saturated heterocycles. The molecule has 1 aliphatic carbocycles. The highest BCUT2D eigenvalue weighted by atomic mass is 32.2. The molecule has 1 N–H and O–H groups in total. The molecule has 29 heavy (non-hydrogen) atoms. The highest BCUT2D eigenvalue weighted by Crippen LogP contribution is 2.34. The molecule has 0 atom stereocenters. The van der Waals surface area contributed by atoms with Crippen molar-refractivity contribution >= 4 is 34.9 Å². The first-order chi connectivity index (χ1) is 14.0. The lowest BCUT2D eigenvalue weighted by atomic mass is 10.1.